The molecule has 0 aliphatic carbocycles. The van der Waals surface area contributed by atoms with Crippen LogP contribution >= 0.6 is 0 Å². The van der Waals surface area contributed by atoms with Crippen molar-refractivity contribution < 1.29 is 4.42 Å². The number of aromatic nitrogens is 1. The van der Waals surface area contributed by atoms with E-state index in [0.29, 0.717) is 5.89 Å². The summed E-state index contributed by atoms with van der Waals surface area (Å²) in [6, 6.07) is 7.60. The molecule has 0 radical (unpaired) electrons. The molecule has 0 saturated heterocycles. The van der Waals surface area contributed by atoms with Crippen LogP contribution in [0.15, 0.2) is 28.7 Å². The summed E-state index contributed by atoms with van der Waals surface area (Å²) in [5.41, 5.74) is 8.29. The molecular formula is C11H12N2O. The molecule has 0 atom stereocenters. The first kappa shape index (κ1) is 8.81. The summed E-state index contributed by atoms with van der Waals surface area (Å²) in [6.45, 7) is 3.76. The molecule has 72 valence electrons. The fraction of sp³-hybridized carbons (Fsp3) is 0.182. The molecule has 0 aliphatic heterocycles. The predicted molar refractivity (Wildman–Crippen MR) is 55.8 cm³/mol. The number of hydrogen-bond donors (Lipinski definition) is 1. The van der Waals surface area contributed by atoms with Crippen LogP contribution in [0.25, 0.3) is 11.3 Å². The molecule has 1 aromatic carbocycles. The SMILES string of the molecule is Cc1nc(C)c(-c2cccc(N)c2)o1. The van der Waals surface area contributed by atoms with E-state index in [1.807, 2.05) is 38.1 Å². The molecule has 0 bridgehead atoms. The Morgan fingerprint density at radius 1 is 1.29 bits per heavy atom. The molecule has 0 saturated carbocycles. The van der Waals surface area contributed by atoms with E-state index >= 15 is 0 Å². The highest BCUT2D eigenvalue weighted by atomic mass is 16.4. The largest absolute Gasteiger partial charge is 0.441 e. The van der Waals surface area contributed by atoms with Crippen LogP contribution < -0.4 is 5.73 Å². The molecule has 0 unspecified atom stereocenters. The summed E-state index contributed by atoms with van der Waals surface area (Å²) >= 11 is 0. The molecular weight excluding hydrogens is 176 g/mol. The van der Waals surface area contributed by atoms with Crippen molar-refractivity contribution in [3.05, 3.63) is 35.9 Å². The van der Waals surface area contributed by atoms with Gasteiger partial charge in [0.05, 0.1) is 5.69 Å². The van der Waals surface area contributed by atoms with Crippen molar-refractivity contribution in [2.24, 2.45) is 0 Å². The standard InChI is InChI=1S/C11H12N2O/c1-7-11(14-8(2)13-7)9-4-3-5-10(12)6-9/h3-6H,12H2,1-2H3. The van der Waals surface area contributed by atoms with Gasteiger partial charge in [-0.15, -0.1) is 0 Å². The van der Waals surface area contributed by atoms with Crippen molar-refractivity contribution in [2.45, 2.75) is 13.8 Å². The van der Waals surface area contributed by atoms with E-state index in [-0.39, 0.29) is 0 Å². The third kappa shape index (κ3) is 1.48. The van der Waals surface area contributed by atoms with E-state index < -0.39 is 0 Å². The summed E-state index contributed by atoms with van der Waals surface area (Å²) < 4.78 is 5.49. The van der Waals surface area contributed by atoms with Crippen LogP contribution in [0.4, 0.5) is 5.69 Å². The van der Waals surface area contributed by atoms with E-state index in [1.54, 1.807) is 0 Å². The van der Waals surface area contributed by atoms with Crippen LogP contribution in [-0.4, -0.2) is 4.98 Å². The lowest BCUT2D eigenvalue weighted by atomic mass is 10.1. The highest BCUT2D eigenvalue weighted by Crippen LogP contribution is 2.25. The van der Waals surface area contributed by atoms with Crippen LogP contribution in [0.5, 0.6) is 0 Å². The third-order valence-corrected chi connectivity index (χ3v) is 2.05. The van der Waals surface area contributed by atoms with Crippen LogP contribution in [0.2, 0.25) is 0 Å². The number of anilines is 1. The quantitative estimate of drug-likeness (QED) is 0.699. The zero-order valence-electron chi connectivity index (χ0n) is 8.24. The number of nitrogens with zero attached hydrogens (tertiary/aromatic N) is 1. The van der Waals surface area contributed by atoms with Crippen molar-refractivity contribution in [1.82, 2.24) is 4.98 Å². The Morgan fingerprint density at radius 2 is 2.07 bits per heavy atom. The van der Waals surface area contributed by atoms with Gasteiger partial charge in [0, 0.05) is 18.2 Å². The van der Waals surface area contributed by atoms with Crippen molar-refractivity contribution in [2.75, 3.05) is 5.73 Å². The Hall–Kier alpha value is -1.77. The van der Waals surface area contributed by atoms with Gasteiger partial charge in [0.1, 0.15) is 0 Å². The Bertz CT molecular complexity index is 460. The molecule has 3 heteroatoms. The van der Waals surface area contributed by atoms with Gasteiger partial charge < -0.3 is 10.2 Å². The lowest BCUT2D eigenvalue weighted by molar-refractivity contribution is 0.534. The minimum absolute atomic E-state index is 0.680. The second-order valence-electron chi connectivity index (χ2n) is 3.27. The normalized spacial score (nSPS) is 10.4. The zero-order valence-corrected chi connectivity index (χ0v) is 8.24. The van der Waals surface area contributed by atoms with E-state index in [0.717, 1.165) is 22.7 Å². The molecule has 1 aromatic heterocycles. The van der Waals surface area contributed by atoms with E-state index in [2.05, 4.69) is 4.98 Å². The number of aryl methyl sites for hydroxylation is 2. The fourth-order valence-corrected chi connectivity index (χ4v) is 1.48. The van der Waals surface area contributed by atoms with Crippen molar-refractivity contribution in [3.63, 3.8) is 0 Å². The van der Waals surface area contributed by atoms with Gasteiger partial charge in [-0.2, -0.15) is 0 Å². The monoisotopic (exact) mass is 188 g/mol. The Morgan fingerprint density at radius 3 is 2.64 bits per heavy atom. The molecule has 3 nitrogen and oxygen atoms in total. The number of hydrogen-bond acceptors (Lipinski definition) is 3. The molecule has 2 aromatic rings. The number of benzene rings is 1. The van der Waals surface area contributed by atoms with Gasteiger partial charge in [-0.1, -0.05) is 12.1 Å². The van der Waals surface area contributed by atoms with Gasteiger partial charge in [-0.05, 0) is 19.1 Å². The molecule has 0 spiro atoms. The van der Waals surface area contributed by atoms with Crippen molar-refractivity contribution in [3.8, 4) is 11.3 Å². The Balaban J connectivity index is 2.54. The second kappa shape index (κ2) is 3.18. The van der Waals surface area contributed by atoms with Crippen LogP contribution in [0.1, 0.15) is 11.6 Å². The van der Waals surface area contributed by atoms with Gasteiger partial charge in [0.15, 0.2) is 11.7 Å². The van der Waals surface area contributed by atoms with E-state index in [9.17, 15) is 0 Å². The molecule has 2 rings (SSSR count). The van der Waals surface area contributed by atoms with Crippen molar-refractivity contribution >= 4 is 5.69 Å². The molecule has 2 N–H and O–H groups in total. The number of nitrogen functional groups attached to an aromatic ring is 1. The minimum atomic E-state index is 0.680. The first-order valence-corrected chi connectivity index (χ1v) is 4.47. The maximum Gasteiger partial charge on any atom is 0.192 e. The topological polar surface area (TPSA) is 52.0 Å². The third-order valence-electron chi connectivity index (χ3n) is 2.05. The second-order valence-corrected chi connectivity index (χ2v) is 3.27. The van der Waals surface area contributed by atoms with Gasteiger partial charge in [0.25, 0.3) is 0 Å². The summed E-state index contributed by atoms with van der Waals surface area (Å²) in [4.78, 5) is 4.21. The molecule has 1 heterocycles. The van der Waals surface area contributed by atoms with E-state index in [4.69, 9.17) is 10.2 Å². The smallest absolute Gasteiger partial charge is 0.192 e. The number of rotatable bonds is 1. The number of nitrogens with two attached hydrogens (primary N) is 1. The first-order chi connectivity index (χ1) is 6.66. The summed E-state index contributed by atoms with van der Waals surface area (Å²) in [5, 5.41) is 0. The maximum atomic E-state index is 5.69. The molecule has 0 amide bonds. The van der Waals surface area contributed by atoms with Crippen molar-refractivity contribution in [1.29, 1.82) is 0 Å². The minimum Gasteiger partial charge on any atom is -0.441 e. The predicted octanol–water partition coefficient (Wildman–Crippen LogP) is 2.54. The Kier molecular flexibility index (Phi) is 2.00. The lowest BCUT2D eigenvalue weighted by Gasteiger charge is -1.98. The van der Waals surface area contributed by atoms with Gasteiger partial charge >= 0.3 is 0 Å². The van der Waals surface area contributed by atoms with E-state index in [1.165, 1.54) is 0 Å². The summed E-state index contributed by atoms with van der Waals surface area (Å²) in [6.07, 6.45) is 0. The van der Waals surface area contributed by atoms with Gasteiger partial charge in [-0.25, -0.2) is 4.98 Å². The fourth-order valence-electron chi connectivity index (χ4n) is 1.48. The highest BCUT2D eigenvalue weighted by molar-refractivity contribution is 5.64. The first-order valence-electron chi connectivity index (χ1n) is 4.47. The van der Waals surface area contributed by atoms with Crippen LogP contribution in [0.3, 0.4) is 0 Å². The summed E-state index contributed by atoms with van der Waals surface area (Å²) in [5.74, 6) is 1.48. The molecule has 0 fully saturated rings. The average molecular weight is 188 g/mol. The molecule has 0 aliphatic rings. The lowest BCUT2D eigenvalue weighted by Crippen LogP contribution is -1.85. The molecule has 14 heavy (non-hydrogen) atoms. The average Bonchev–Trinajstić information content (AvgIpc) is 2.45. The highest BCUT2D eigenvalue weighted by Gasteiger charge is 2.08. The van der Waals surface area contributed by atoms with Crippen LogP contribution in [0, 0.1) is 13.8 Å². The summed E-state index contributed by atoms with van der Waals surface area (Å²) in [7, 11) is 0. The number of oxazole rings is 1. The van der Waals surface area contributed by atoms with Gasteiger partial charge in [0.2, 0.25) is 0 Å². The zero-order chi connectivity index (χ0) is 10.1. The van der Waals surface area contributed by atoms with Gasteiger partial charge in [-0.3, -0.25) is 0 Å². The maximum absolute atomic E-state index is 5.69. The van der Waals surface area contributed by atoms with Crippen LogP contribution in [-0.2, 0) is 0 Å². The Labute approximate surface area is 82.6 Å².